The second-order valence-electron chi connectivity index (χ2n) is 6.53. The number of fused-ring (bicyclic) bond motifs is 1. The number of nitrogens with zero attached hydrogens (tertiary/aromatic N) is 1. The molecule has 4 aromatic rings. The Morgan fingerprint density at radius 3 is 2.70 bits per heavy atom. The number of hydrogen-bond acceptors (Lipinski definition) is 3. The highest BCUT2D eigenvalue weighted by atomic mass is 32.2. The van der Waals surface area contributed by atoms with Gasteiger partial charge in [0.25, 0.3) is 5.91 Å². The molecule has 5 nitrogen and oxygen atoms in total. The molecule has 1 aromatic heterocycles. The van der Waals surface area contributed by atoms with Crippen LogP contribution in [-0.2, 0) is 10.8 Å². The standard InChI is InChI=1S/C22H17F2N3O2S/c1-2-30(29)20-6-4-3-5-15(20)22(28)25-14-8-10-18-19(12-14)27-21(26-18)16-11-13(23)7-9-17(16)24/h3-12H,2H2,1H3,(H,25,28)(H,26,27). The molecule has 0 fully saturated rings. The highest BCUT2D eigenvalue weighted by Crippen LogP contribution is 2.26. The Bertz CT molecular complexity index is 1290. The Balaban J connectivity index is 1.64. The minimum atomic E-state index is -1.27. The molecule has 8 heteroatoms. The molecular weight excluding hydrogens is 408 g/mol. The second kappa shape index (κ2) is 8.16. The second-order valence-corrected chi connectivity index (χ2v) is 8.23. The molecule has 0 bridgehead atoms. The maximum Gasteiger partial charge on any atom is 0.256 e. The summed E-state index contributed by atoms with van der Waals surface area (Å²) in [6.07, 6.45) is 0. The zero-order valence-corrected chi connectivity index (χ0v) is 16.7. The molecule has 0 saturated carbocycles. The van der Waals surface area contributed by atoms with Crippen LogP contribution in [0.15, 0.2) is 65.6 Å². The summed E-state index contributed by atoms with van der Waals surface area (Å²) in [5.41, 5.74) is 1.94. The molecule has 0 radical (unpaired) electrons. The van der Waals surface area contributed by atoms with Gasteiger partial charge in [-0.15, -0.1) is 0 Å². The van der Waals surface area contributed by atoms with Gasteiger partial charge in [-0.25, -0.2) is 13.8 Å². The summed E-state index contributed by atoms with van der Waals surface area (Å²) in [5.74, 6) is -0.951. The van der Waals surface area contributed by atoms with Gasteiger partial charge in [0.1, 0.15) is 17.5 Å². The van der Waals surface area contributed by atoms with E-state index in [1.54, 1.807) is 49.4 Å². The highest BCUT2D eigenvalue weighted by Gasteiger charge is 2.16. The van der Waals surface area contributed by atoms with Crippen LogP contribution >= 0.6 is 0 Å². The number of aromatic amines is 1. The lowest BCUT2D eigenvalue weighted by Crippen LogP contribution is -2.15. The normalized spacial score (nSPS) is 12.1. The maximum absolute atomic E-state index is 14.0. The number of H-pyrrole nitrogens is 1. The lowest BCUT2D eigenvalue weighted by molar-refractivity contribution is 0.102. The first-order valence-electron chi connectivity index (χ1n) is 9.20. The molecule has 1 atom stereocenters. The van der Waals surface area contributed by atoms with Crippen LogP contribution in [0.3, 0.4) is 0 Å². The first kappa shape index (κ1) is 19.9. The molecule has 4 rings (SSSR count). The molecule has 2 N–H and O–H groups in total. The summed E-state index contributed by atoms with van der Waals surface area (Å²) in [4.78, 5) is 20.5. The number of hydrogen-bond donors (Lipinski definition) is 2. The number of carbonyl (C=O) groups excluding carboxylic acids is 1. The van der Waals surface area contributed by atoms with Crippen molar-refractivity contribution in [2.24, 2.45) is 0 Å². The minimum Gasteiger partial charge on any atom is -0.338 e. The highest BCUT2D eigenvalue weighted by molar-refractivity contribution is 7.85. The number of rotatable bonds is 5. The number of imidazole rings is 1. The molecule has 0 aliphatic rings. The van der Waals surface area contributed by atoms with Gasteiger partial charge >= 0.3 is 0 Å². The molecular formula is C22H17F2N3O2S. The quantitative estimate of drug-likeness (QED) is 0.478. The lowest BCUT2D eigenvalue weighted by Gasteiger charge is -2.09. The molecule has 1 unspecified atom stereocenters. The topological polar surface area (TPSA) is 74.8 Å². The van der Waals surface area contributed by atoms with E-state index in [1.807, 2.05) is 0 Å². The summed E-state index contributed by atoms with van der Waals surface area (Å²) in [5, 5.41) is 2.78. The molecule has 30 heavy (non-hydrogen) atoms. The van der Waals surface area contributed by atoms with E-state index in [-0.39, 0.29) is 17.3 Å². The Kier molecular flexibility index (Phi) is 5.41. The molecule has 3 aromatic carbocycles. The van der Waals surface area contributed by atoms with Crippen molar-refractivity contribution in [3.8, 4) is 11.4 Å². The largest absolute Gasteiger partial charge is 0.338 e. The van der Waals surface area contributed by atoms with Gasteiger partial charge in [-0.1, -0.05) is 19.1 Å². The number of nitrogens with one attached hydrogen (secondary N) is 2. The zero-order valence-electron chi connectivity index (χ0n) is 15.9. The van der Waals surface area contributed by atoms with E-state index in [0.717, 1.165) is 18.2 Å². The van der Waals surface area contributed by atoms with Crippen LogP contribution < -0.4 is 5.32 Å². The number of aromatic nitrogens is 2. The van der Waals surface area contributed by atoms with E-state index >= 15 is 0 Å². The number of amides is 1. The average Bonchev–Trinajstić information content (AvgIpc) is 3.18. The Morgan fingerprint density at radius 2 is 1.90 bits per heavy atom. The summed E-state index contributed by atoms with van der Waals surface area (Å²) >= 11 is 0. The van der Waals surface area contributed by atoms with Gasteiger partial charge in [-0.2, -0.15) is 0 Å². The van der Waals surface area contributed by atoms with Gasteiger partial charge in [0.05, 0.1) is 37.9 Å². The van der Waals surface area contributed by atoms with Crippen molar-refractivity contribution >= 4 is 33.4 Å². The van der Waals surface area contributed by atoms with Crippen molar-refractivity contribution in [2.45, 2.75) is 11.8 Å². The van der Waals surface area contributed by atoms with Crippen molar-refractivity contribution in [3.05, 3.63) is 77.9 Å². The third-order valence-electron chi connectivity index (χ3n) is 4.56. The van der Waals surface area contributed by atoms with Crippen LogP contribution in [0.1, 0.15) is 17.3 Å². The Labute approximate surface area is 173 Å². The maximum atomic E-state index is 14.0. The van der Waals surface area contributed by atoms with E-state index in [2.05, 4.69) is 15.3 Å². The van der Waals surface area contributed by atoms with Crippen molar-refractivity contribution < 1.29 is 17.8 Å². The van der Waals surface area contributed by atoms with Crippen LogP contribution in [0.5, 0.6) is 0 Å². The van der Waals surface area contributed by atoms with E-state index in [0.29, 0.717) is 32.9 Å². The van der Waals surface area contributed by atoms with E-state index in [4.69, 9.17) is 0 Å². The van der Waals surface area contributed by atoms with Gasteiger partial charge in [-0.3, -0.25) is 9.00 Å². The fraction of sp³-hybridized carbons (Fsp3) is 0.0909. The predicted molar refractivity (Wildman–Crippen MR) is 113 cm³/mol. The average molecular weight is 425 g/mol. The number of halogens is 2. The summed E-state index contributed by atoms with van der Waals surface area (Å²) in [6.45, 7) is 1.79. The van der Waals surface area contributed by atoms with Crippen LogP contribution in [0.25, 0.3) is 22.4 Å². The summed E-state index contributed by atoms with van der Waals surface area (Å²) in [7, 11) is -1.27. The van der Waals surface area contributed by atoms with E-state index in [1.165, 1.54) is 0 Å². The summed E-state index contributed by atoms with van der Waals surface area (Å²) in [6, 6.07) is 14.9. The first-order chi connectivity index (χ1) is 14.5. The van der Waals surface area contributed by atoms with Crippen LogP contribution in [0.4, 0.5) is 14.5 Å². The summed E-state index contributed by atoms with van der Waals surface area (Å²) < 4.78 is 39.8. The molecule has 0 aliphatic heterocycles. The zero-order chi connectivity index (χ0) is 21.3. The van der Waals surface area contributed by atoms with Crippen LogP contribution in [-0.4, -0.2) is 25.8 Å². The van der Waals surface area contributed by atoms with Crippen molar-refractivity contribution in [1.29, 1.82) is 0 Å². The van der Waals surface area contributed by atoms with Crippen molar-refractivity contribution in [1.82, 2.24) is 9.97 Å². The minimum absolute atomic E-state index is 0.0211. The monoisotopic (exact) mass is 425 g/mol. The van der Waals surface area contributed by atoms with E-state index < -0.39 is 22.4 Å². The third-order valence-corrected chi connectivity index (χ3v) is 5.93. The van der Waals surface area contributed by atoms with Gasteiger partial charge < -0.3 is 10.3 Å². The number of anilines is 1. The van der Waals surface area contributed by atoms with Crippen LogP contribution in [0.2, 0.25) is 0 Å². The van der Waals surface area contributed by atoms with Crippen molar-refractivity contribution in [3.63, 3.8) is 0 Å². The Morgan fingerprint density at radius 1 is 1.10 bits per heavy atom. The van der Waals surface area contributed by atoms with Crippen LogP contribution in [0, 0.1) is 11.6 Å². The molecule has 152 valence electrons. The first-order valence-corrected chi connectivity index (χ1v) is 10.5. The molecule has 1 amide bonds. The van der Waals surface area contributed by atoms with Gasteiger partial charge in [0.15, 0.2) is 0 Å². The van der Waals surface area contributed by atoms with Gasteiger partial charge in [-0.05, 0) is 48.5 Å². The molecule has 0 spiro atoms. The molecule has 1 heterocycles. The predicted octanol–water partition coefficient (Wildman–Crippen LogP) is 4.89. The Hall–Kier alpha value is -3.39. The lowest BCUT2D eigenvalue weighted by atomic mass is 10.2. The van der Waals surface area contributed by atoms with Gasteiger partial charge in [0, 0.05) is 11.4 Å². The fourth-order valence-corrected chi connectivity index (χ4v) is 4.05. The SMILES string of the molecule is CCS(=O)c1ccccc1C(=O)Nc1ccc2nc(-c3cc(F)ccc3F)[nH]c2c1. The number of carbonyl (C=O) groups is 1. The molecule has 0 saturated heterocycles. The smallest absolute Gasteiger partial charge is 0.256 e. The van der Waals surface area contributed by atoms with Crippen molar-refractivity contribution in [2.75, 3.05) is 11.1 Å². The molecule has 0 aliphatic carbocycles. The number of benzene rings is 3. The third kappa shape index (κ3) is 3.86. The van der Waals surface area contributed by atoms with Gasteiger partial charge in [0.2, 0.25) is 0 Å². The van der Waals surface area contributed by atoms with E-state index in [9.17, 15) is 17.8 Å². The fourth-order valence-electron chi connectivity index (χ4n) is 3.10.